The second-order valence-corrected chi connectivity index (χ2v) is 6.43. The molecule has 1 saturated carbocycles. The van der Waals surface area contributed by atoms with Crippen LogP contribution in [0.5, 0.6) is 0 Å². The van der Waals surface area contributed by atoms with Crippen molar-refractivity contribution in [3.63, 3.8) is 0 Å². The average Bonchev–Trinajstić information content (AvgIpc) is 2.56. The van der Waals surface area contributed by atoms with E-state index in [1.807, 2.05) is 24.3 Å². The highest BCUT2D eigenvalue weighted by Gasteiger charge is 2.42. The van der Waals surface area contributed by atoms with Gasteiger partial charge in [-0.25, -0.2) is 4.79 Å². The van der Waals surface area contributed by atoms with E-state index in [2.05, 4.69) is 17.2 Å². The number of rotatable bonds is 3. The van der Waals surface area contributed by atoms with Crippen LogP contribution in [0.3, 0.4) is 0 Å². The number of carboxylic acids is 1. The Kier molecular flexibility index (Phi) is 4.03. The van der Waals surface area contributed by atoms with Gasteiger partial charge in [-0.3, -0.25) is 9.78 Å². The van der Waals surface area contributed by atoms with Gasteiger partial charge in [-0.05, 0) is 37.0 Å². The number of pyridine rings is 1. The molecule has 0 spiro atoms. The summed E-state index contributed by atoms with van der Waals surface area (Å²) in [4.78, 5) is 28.6. The molecule has 0 atom stereocenters. The molecule has 3 rings (SSSR count). The molecule has 0 aliphatic heterocycles. The zero-order valence-corrected chi connectivity index (χ0v) is 13.1. The Morgan fingerprint density at radius 3 is 2.61 bits per heavy atom. The summed E-state index contributed by atoms with van der Waals surface area (Å²) in [5.74, 6) is -0.823. The molecule has 1 aliphatic rings. The minimum atomic E-state index is -1.17. The number of carboxylic acid groups (broad SMARTS) is 1. The van der Waals surface area contributed by atoms with Gasteiger partial charge in [-0.15, -0.1) is 0 Å². The second-order valence-electron chi connectivity index (χ2n) is 6.43. The van der Waals surface area contributed by atoms with E-state index in [4.69, 9.17) is 0 Å². The van der Waals surface area contributed by atoms with E-state index < -0.39 is 11.5 Å². The first-order valence-electron chi connectivity index (χ1n) is 7.90. The molecule has 5 heteroatoms. The van der Waals surface area contributed by atoms with Gasteiger partial charge in [-0.2, -0.15) is 0 Å². The van der Waals surface area contributed by atoms with Crippen molar-refractivity contribution in [1.29, 1.82) is 0 Å². The predicted molar refractivity (Wildman–Crippen MR) is 87.2 cm³/mol. The van der Waals surface area contributed by atoms with E-state index in [-0.39, 0.29) is 5.91 Å². The molecule has 2 aromatic rings. The van der Waals surface area contributed by atoms with Crippen molar-refractivity contribution in [2.75, 3.05) is 0 Å². The van der Waals surface area contributed by atoms with Crippen molar-refractivity contribution in [2.24, 2.45) is 5.92 Å². The molecule has 1 aromatic heterocycles. The maximum absolute atomic E-state index is 12.7. The number of aliphatic carboxylic acids is 1. The highest BCUT2D eigenvalue weighted by molar-refractivity contribution is 6.07. The second kappa shape index (κ2) is 5.99. The van der Waals surface area contributed by atoms with Crippen LogP contribution >= 0.6 is 0 Å². The van der Waals surface area contributed by atoms with Crippen molar-refractivity contribution >= 4 is 22.6 Å². The maximum atomic E-state index is 12.7. The van der Waals surface area contributed by atoms with Crippen LogP contribution in [0.15, 0.2) is 36.7 Å². The van der Waals surface area contributed by atoms with Gasteiger partial charge in [0.2, 0.25) is 0 Å². The van der Waals surface area contributed by atoms with Crippen LogP contribution in [0.1, 0.15) is 43.0 Å². The van der Waals surface area contributed by atoms with E-state index in [1.54, 1.807) is 6.20 Å². The topological polar surface area (TPSA) is 79.3 Å². The first kappa shape index (κ1) is 15.5. The molecule has 1 fully saturated rings. The Morgan fingerprint density at radius 1 is 1.22 bits per heavy atom. The number of carbonyl (C=O) groups excluding carboxylic acids is 1. The molecule has 0 unspecified atom stereocenters. The Bertz CT molecular complexity index is 744. The summed E-state index contributed by atoms with van der Waals surface area (Å²) in [5.41, 5.74) is -0.747. The molecule has 5 nitrogen and oxygen atoms in total. The number of benzene rings is 1. The largest absolute Gasteiger partial charge is 0.480 e. The molecule has 1 amide bonds. The van der Waals surface area contributed by atoms with Crippen molar-refractivity contribution < 1.29 is 14.7 Å². The van der Waals surface area contributed by atoms with Crippen LogP contribution in [-0.4, -0.2) is 27.5 Å². The van der Waals surface area contributed by atoms with Gasteiger partial charge in [0, 0.05) is 17.8 Å². The minimum absolute atomic E-state index is 0.369. The number of aromatic nitrogens is 1. The third-order valence-corrected chi connectivity index (χ3v) is 4.80. The van der Waals surface area contributed by atoms with Gasteiger partial charge in [-0.1, -0.05) is 31.2 Å². The lowest BCUT2D eigenvalue weighted by Gasteiger charge is -2.36. The molecule has 1 aliphatic carbocycles. The fourth-order valence-electron chi connectivity index (χ4n) is 3.23. The Morgan fingerprint density at radius 2 is 1.91 bits per heavy atom. The van der Waals surface area contributed by atoms with E-state index >= 15 is 0 Å². The molecule has 0 bridgehead atoms. The summed E-state index contributed by atoms with van der Waals surface area (Å²) in [7, 11) is 0. The van der Waals surface area contributed by atoms with Gasteiger partial charge >= 0.3 is 5.97 Å². The average molecular weight is 312 g/mol. The van der Waals surface area contributed by atoms with Crippen LogP contribution in [0, 0.1) is 5.92 Å². The van der Waals surface area contributed by atoms with Crippen LogP contribution in [-0.2, 0) is 4.79 Å². The van der Waals surface area contributed by atoms with Gasteiger partial charge in [0.15, 0.2) is 0 Å². The van der Waals surface area contributed by atoms with E-state index in [1.165, 1.54) is 6.20 Å². The molecular formula is C18H20N2O3. The Hall–Kier alpha value is -2.43. The molecule has 23 heavy (non-hydrogen) atoms. The van der Waals surface area contributed by atoms with Gasteiger partial charge in [0.1, 0.15) is 5.54 Å². The smallest absolute Gasteiger partial charge is 0.329 e. The van der Waals surface area contributed by atoms with E-state index in [9.17, 15) is 14.7 Å². The fraction of sp³-hybridized carbons (Fsp3) is 0.389. The zero-order valence-electron chi connectivity index (χ0n) is 13.1. The first-order valence-corrected chi connectivity index (χ1v) is 7.90. The molecule has 0 radical (unpaired) electrons. The number of nitrogens with zero attached hydrogens (tertiary/aromatic N) is 1. The molecular weight excluding hydrogens is 292 g/mol. The van der Waals surface area contributed by atoms with E-state index in [0.29, 0.717) is 24.3 Å². The summed E-state index contributed by atoms with van der Waals surface area (Å²) >= 11 is 0. The van der Waals surface area contributed by atoms with Crippen molar-refractivity contribution in [3.05, 3.63) is 42.2 Å². The van der Waals surface area contributed by atoms with Crippen LogP contribution < -0.4 is 5.32 Å². The van der Waals surface area contributed by atoms with Gasteiger partial charge in [0.05, 0.1) is 5.56 Å². The number of fused-ring (bicyclic) bond motifs is 1. The number of amides is 1. The normalized spacial score (nSPS) is 24.3. The minimum Gasteiger partial charge on any atom is -0.480 e. The lowest BCUT2D eigenvalue weighted by molar-refractivity contribution is -0.146. The standard InChI is InChI=1S/C18H20N2O3/c1-12-6-8-18(9-7-12,17(22)23)20-16(21)15-11-19-10-13-4-2-3-5-14(13)15/h2-5,10-12H,6-9H2,1H3,(H,20,21)(H,22,23). The molecule has 1 aromatic carbocycles. The first-order chi connectivity index (χ1) is 11.0. The van der Waals surface area contributed by atoms with Crippen LogP contribution in [0.25, 0.3) is 10.8 Å². The zero-order chi connectivity index (χ0) is 16.4. The van der Waals surface area contributed by atoms with Gasteiger partial charge < -0.3 is 10.4 Å². The summed E-state index contributed by atoms with van der Waals surface area (Å²) in [6, 6.07) is 7.47. The summed E-state index contributed by atoms with van der Waals surface area (Å²) in [6.45, 7) is 2.11. The monoisotopic (exact) mass is 312 g/mol. The summed E-state index contributed by atoms with van der Waals surface area (Å²) in [5, 5.41) is 14.1. The Labute approximate surface area is 134 Å². The molecule has 2 N–H and O–H groups in total. The quantitative estimate of drug-likeness (QED) is 0.913. The number of hydrogen-bond acceptors (Lipinski definition) is 3. The van der Waals surface area contributed by atoms with E-state index in [0.717, 1.165) is 23.6 Å². The van der Waals surface area contributed by atoms with Crippen molar-refractivity contribution in [1.82, 2.24) is 10.3 Å². The van der Waals surface area contributed by atoms with Gasteiger partial charge in [0.25, 0.3) is 5.91 Å². The number of hydrogen-bond donors (Lipinski definition) is 2. The lowest BCUT2D eigenvalue weighted by atomic mass is 9.77. The SMILES string of the molecule is CC1CCC(NC(=O)c2cncc3ccccc23)(C(=O)O)CC1. The number of nitrogens with one attached hydrogen (secondary N) is 1. The van der Waals surface area contributed by atoms with Crippen molar-refractivity contribution in [2.45, 2.75) is 38.1 Å². The number of carbonyl (C=O) groups is 2. The fourth-order valence-corrected chi connectivity index (χ4v) is 3.23. The van der Waals surface area contributed by atoms with Crippen LogP contribution in [0.4, 0.5) is 0 Å². The third kappa shape index (κ3) is 2.91. The van der Waals surface area contributed by atoms with Crippen LogP contribution in [0.2, 0.25) is 0 Å². The molecule has 1 heterocycles. The summed E-state index contributed by atoms with van der Waals surface area (Å²) in [6.07, 6.45) is 5.74. The highest BCUT2D eigenvalue weighted by Crippen LogP contribution is 2.32. The maximum Gasteiger partial charge on any atom is 0.329 e. The molecule has 0 saturated heterocycles. The lowest BCUT2D eigenvalue weighted by Crippen LogP contribution is -2.56. The molecule has 120 valence electrons. The highest BCUT2D eigenvalue weighted by atomic mass is 16.4. The third-order valence-electron chi connectivity index (χ3n) is 4.80. The summed E-state index contributed by atoms with van der Waals surface area (Å²) < 4.78 is 0. The van der Waals surface area contributed by atoms with Crippen molar-refractivity contribution in [3.8, 4) is 0 Å². The predicted octanol–water partition coefficient (Wildman–Crippen LogP) is 3.00. The Balaban J connectivity index is 1.91.